The van der Waals surface area contributed by atoms with Crippen LogP contribution in [0.3, 0.4) is 0 Å². The van der Waals surface area contributed by atoms with Crippen molar-refractivity contribution < 1.29 is 14.2 Å². The summed E-state index contributed by atoms with van der Waals surface area (Å²) in [6.45, 7) is 8.55. The van der Waals surface area contributed by atoms with Crippen molar-refractivity contribution in [3.05, 3.63) is 16.6 Å². The Morgan fingerprint density at radius 1 is 0.727 bits per heavy atom. The summed E-state index contributed by atoms with van der Waals surface area (Å²) in [6, 6.07) is 3.92. The van der Waals surface area contributed by atoms with Gasteiger partial charge in [-0.25, -0.2) is 0 Å². The van der Waals surface area contributed by atoms with Gasteiger partial charge in [-0.2, -0.15) is 0 Å². The van der Waals surface area contributed by atoms with Crippen LogP contribution in [0.15, 0.2) is 16.6 Å². The molecule has 0 aliphatic carbocycles. The van der Waals surface area contributed by atoms with Crippen molar-refractivity contribution in [3.8, 4) is 17.2 Å². The number of unbranched alkanes of at least 4 members (excludes halogenated alkanes) is 3. The van der Waals surface area contributed by atoms with E-state index < -0.39 is 0 Å². The van der Waals surface area contributed by atoms with E-state index in [4.69, 9.17) is 14.2 Å². The fourth-order valence-electron chi connectivity index (χ4n) is 1.87. The molecule has 0 aromatic heterocycles. The van der Waals surface area contributed by atoms with E-state index in [9.17, 15) is 0 Å². The Bertz CT molecular complexity index is 390. The Labute approximate surface area is 143 Å². The molecule has 0 spiro atoms. The van der Waals surface area contributed by atoms with E-state index in [0.717, 1.165) is 60.2 Å². The predicted molar refractivity (Wildman–Crippen MR) is 95.4 cm³/mol. The second kappa shape index (κ2) is 11.6. The van der Waals surface area contributed by atoms with Crippen LogP contribution in [-0.2, 0) is 0 Å². The van der Waals surface area contributed by atoms with Gasteiger partial charge in [0.05, 0.1) is 19.8 Å². The van der Waals surface area contributed by atoms with Crippen LogP contribution in [0.1, 0.15) is 59.3 Å². The van der Waals surface area contributed by atoms with E-state index in [-0.39, 0.29) is 0 Å². The topological polar surface area (TPSA) is 27.7 Å². The van der Waals surface area contributed by atoms with Crippen LogP contribution in [0.25, 0.3) is 0 Å². The number of benzene rings is 1. The number of hydrogen-bond acceptors (Lipinski definition) is 3. The lowest BCUT2D eigenvalue weighted by Crippen LogP contribution is -2.06. The fraction of sp³-hybridized carbons (Fsp3) is 0.667. The predicted octanol–water partition coefficient (Wildman–Crippen LogP) is 5.99. The zero-order chi connectivity index (χ0) is 16.2. The molecule has 0 saturated heterocycles. The van der Waals surface area contributed by atoms with Gasteiger partial charge >= 0.3 is 0 Å². The molecule has 0 N–H and O–H groups in total. The van der Waals surface area contributed by atoms with E-state index in [2.05, 4.69) is 36.7 Å². The third-order valence-electron chi connectivity index (χ3n) is 3.24. The monoisotopic (exact) mass is 372 g/mol. The van der Waals surface area contributed by atoms with Gasteiger partial charge in [0.2, 0.25) is 5.75 Å². The van der Waals surface area contributed by atoms with Gasteiger partial charge in [-0.1, -0.05) is 56.0 Å². The molecule has 0 unspecified atom stereocenters. The van der Waals surface area contributed by atoms with Crippen LogP contribution < -0.4 is 14.2 Å². The molecular formula is C18H29BrO3. The van der Waals surface area contributed by atoms with Crippen molar-refractivity contribution >= 4 is 15.9 Å². The molecule has 4 heteroatoms. The summed E-state index contributed by atoms with van der Waals surface area (Å²) in [6.07, 6.45) is 6.42. The Morgan fingerprint density at radius 2 is 1.14 bits per heavy atom. The highest BCUT2D eigenvalue weighted by atomic mass is 79.9. The van der Waals surface area contributed by atoms with Gasteiger partial charge in [0.25, 0.3) is 0 Å². The first kappa shape index (κ1) is 19.1. The van der Waals surface area contributed by atoms with Crippen LogP contribution in [-0.4, -0.2) is 19.8 Å². The summed E-state index contributed by atoms with van der Waals surface area (Å²) in [5.41, 5.74) is 0. The molecule has 22 heavy (non-hydrogen) atoms. The first-order valence-corrected chi connectivity index (χ1v) is 9.24. The second-order valence-electron chi connectivity index (χ2n) is 5.34. The van der Waals surface area contributed by atoms with Crippen molar-refractivity contribution in [2.24, 2.45) is 0 Å². The normalized spacial score (nSPS) is 10.5. The third kappa shape index (κ3) is 6.91. The van der Waals surface area contributed by atoms with Gasteiger partial charge < -0.3 is 14.2 Å². The molecule has 126 valence electrons. The smallest absolute Gasteiger partial charge is 0.203 e. The third-order valence-corrected chi connectivity index (χ3v) is 3.70. The highest BCUT2D eigenvalue weighted by molar-refractivity contribution is 9.10. The average molecular weight is 373 g/mol. The summed E-state index contributed by atoms with van der Waals surface area (Å²) in [7, 11) is 0. The number of rotatable bonds is 12. The zero-order valence-electron chi connectivity index (χ0n) is 14.1. The van der Waals surface area contributed by atoms with E-state index in [1.807, 2.05) is 12.1 Å². The van der Waals surface area contributed by atoms with Gasteiger partial charge in [0, 0.05) is 4.47 Å². The molecule has 0 amide bonds. The summed E-state index contributed by atoms with van der Waals surface area (Å²) >= 11 is 3.53. The molecule has 3 nitrogen and oxygen atoms in total. The summed E-state index contributed by atoms with van der Waals surface area (Å²) in [5, 5.41) is 0. The van der Waals surface area contributed by atoms with Gasteiger partial charge in [-0.3, -0.25) is 0 Å². The van der Waals surface area contributed by atoms with Crippen molar-refractivity contribution in [2.45, 2.75) is 59.3 Å². The summed E-state index contributed by atoms with van der Waals surface area (Å²) < 4.78 is 18.7. The minimum absolute atomic E-state index is 0.687. The Hall–Kier alpha value is -0.900. The van der Waals surface area contributed by atoms with Crippen LogP contribution in [0.2, 0.25) is 0 Å². The quantitative estimate of drug-likeness (QED) is 0.422. The van der Waals surface area contributed by atoms with Gasteiger partial charge in [0.15, 0.2) is 11.5 Å². The number of halogens is 1. The molecular weight excluding hydrogens is 344 g/mol. The highest BCUT2D eigenvalue weighted by Crippen LogP contribution is 2.41. The lowest BCUT2D eigenvalue weighted by Gasteiger charge is -2.17. The van der Waals surface area contributed by atoms with Gasteiger partial charge in [0.1, 0.15) is 0 Å². The molecule has 0 saturated carbocycles. The minimum atomic E-state index is 0.687. The molecule has 0 fully saturated rings. The Balaban J connectivity index is 2.88. The fourth-order valence-corrected chi connectivity index (χ4v) is 2.29. The molecule has 0 heterocycles. The molecule has 0 radical (unpaired) electrons. The molecule has 1 rings (SSSR count). The standard InChI is InChI=1S/C18H29BrO3/c1-4-7-10-20-16-13-15(19)14-17(21-11-8-5-2)18(16)22-12-9-6-3/h13-14H,4-12H2,1-3H3. The number of ether oxygens (including phenoxy) is 3. The second-order valence-corrected chi connectivity index (χ2v) is 6.25. The zero-order valence-corrected chi connectivity index (χ0v) is 15.7. The maximum atomic E-state index is 5.95. The molecule has 0 atom stereocenters. The summed E-state index contributed by atoms with van der Waals surface area (Å²) in [5.74, 6) is 2.28. The molecule has 0 bridgehead atoms. The van der Waals surface area contributed by atoms with Crippen LogP contribution in [0, 0.1) is 0 Å². The van der Waals surface area contributed by atoms with Crippen LogP contribution in [0.5, 0.6) is 17.2 Å². The van der Waals surface area contributed by atoms with Crippen molar-refractivity contribution in [1.29, 1.82) is 0 Å². The maximum Gasteiger partial charge on any atom is 0.203 e. The first-order chi connectivity index (χ1) is 10.7. The van der Waals surface area contributed by atoms with Crippen LogP contribution in [0.4, 0.5) is 0 Å². The lowest BCUT2D eigenvalue weighted by molar-refractivity contribution is 0.237. The van der Waals surface area contributed by atoms with Crippen molar-refractivity contribution in [1.82, 2.24) is 0 Å². The molecule has 0 aliphatic heterocycles. The maximum absolute atomic E-state index is 5.95. The minimum Gasteiger partial charge on any atom is -0.490 e. The Kier molecular flexibility index (Phi) is 10.1. The SMILES string of the molecule is CCCCOc1cc(Br)cc(OCCCC)c1OCCCC. The highest BCUT2D eigenvalue weighted by Gasteiger charge is 2.15. The van der Waals surface area contributed by atoms with E-state index in [1.165, 1.54) is 0 Å². The van der Waals surface area contributed by atoms with E-state index in [1.54, 1.807) is 0 Å². The van der Waals surface area contributed by atoms with Crippen LogP contribution >= 0.6 is 15.9 Å². The van der Waals surface area contributed by atoms with Gasteiger partial charge in [-0.15, -0.1) is 0 Å². The molecule has 0 aliphatic rings. The summed E-state index contributed by atoms with van der Waals surface area (Å²) in [4.78, 5) is 0. The number of hydrogen-bond donors (Lipinski definition) is 0. The van der Waals surface area contributed by atoms with E-state index >= 15 is 0 Å². The molecule has 1 aromatic carbocycles. The van der Waals surface area contributed by atoms with E-state index in [0.29, 0.717) is 19.8 Å². The van der Waals surface area contributed by atoms with Crippen molar-refractivity contribution in [3.63, 3.8) is 0 Å². The largest absolute Gasteiger partial charge is 0.490 e. The van der Waals surface area contributed by atoms with Crippen molar-refractivity contribution in [2.75, 3.05) is 19.8 Å². The Morgan fingerprint density at radius 3 is 1.55 bits per heavy atom. The molecule has 1 aromatic rings. The first-order valence-electron chi connectivity index (χ1n) is 8.44. The van der Waals surface area contributed by atoms with Gasteiger partial charge in [-0.05, 0) is 31.4 Å². The average Bonchev–Trinajstić information content (AvgIpc) is 2.50. The lowest BCUT2D eigenvalue weighted by atomic mass is 10.2.